The predicted molar refractivity (Wildman–Crippen MR) is 91.1 cm³/mol. The molecule has 1 aliphatic heterocycles. The fourth-order valence-electron chi connectivity index (χ4n) is 3.32. The van der Waals surface area contributed by atoms with Gasteiger partial charge >= 0.3 is 0 Å². The molecule has 26 heavy (non-hydrogen) atoms. The van der Waals surface area contributed by atoms with E-state index in [1.54, 1.807) is 10.8 Å². The Kier molecular flexibility index (Phi) is 2.96. The third kappa shape index (κ3) is 1.81. The van der Waals surface area contributed by atoms with Crippen molar-refractivity contribution in [2.45, 2.75) is 0 Å². The highest BCUT2D eigenvalue weighted by Crippen LogP contribution is 2.33. The van der Waals surface area contributed by atoms with Crippen LogP contribution in [0.4, 0.5) is 0 Å². The summed E-state index contributed by atoms with van der Waals surface area (Å²) in [6.07, 6.45) is 3.08. The number of hydrogen-bond acceptors (Lipinski definition) is 6. The molecule has 0 fully saturated rings. The second-order valence-electron chi connectivity index (χ2n) is 5.87. The minimum absolute atomic E-state index is 0. The Morgan fingerprint density at radius 3 is 2.12 bits per heavy atom. The number of hydrogen-bond donors (Lipinski definition) is 0. The lowest BCUT2D eigenvalue weighted by atomic mass is 10.2. The number of halogens is 1. The third-order valence-electron chi connectivity index (χ3n) is 4.43. The second kappa shape index (κ2) is 5.12. The summed E-state index contributed by atoms with van der Waals surface area (Å²) in [6.45, 7) is 0. The van der Waals surface area contributed by atoms with Crippen LogP contribution < -0.4 is 17.0 Å². The second-order valence-corrected chi connectivity index (χ2v) is 5.87. The Balaban J connectivity index is 0.00000150. The summed E-state index contributed by atoms with van der Waals surface area (Å²) >= 11 is 0. The molecule has 0 N–H and O–H groups in total. The Morgan fingerprint density at radius 1 is 0.731 bits per heavy atom. The van der Waals surface area contributed by atoms with Gasteiger partial charge in [0.15, 0.2) is 11.5 Å². The first-order valence-electron chi connectivity index (χ1n) is 7.75. The molecule has 6 rings (SSSR count). The van der Waals surface area contributed by atoms with Crippen molar-refractivity contribution in [3.63, 3.8) is 0 Å². The Labute approximate surface area is 156 Å². The lowest BCUT2D eigenvalue weighted by Gasteiger charge is -2.02. The van der Waals surface area contributed by atoms with E-state index in [1.807, 2.05) is 36.4 Å². The van der Waals surface area contributed by atoms with E-state index in [0.29, 0.717) is 28.2 Å². The van der Waals surface area contributed by atoms with E-state index in [9.17, 15) is 4.79 Å². The van der Waals surface area contributed by atoms with Gasteiger partial charge in [0, 0.05) is 12.4 Å². The van der Waals surface area contributed by atoms with Crippen LogP contribution in [0.25, 0.3) is 44.6 Å². The Hall–Kier alpha value is -3.26. The molecular formula is C18H8BrN6O-. The van der Waals surface area contributed by atoms with Gasteiger partial charge in [0.25, 0.3) is 5.91 Å². The number of fused-ring (bicyclic) bond motifs is 7. The van der Waals surface area contributed by atoms with Crippen LogP contribution in [-0.4, -0.2) is 35.4 Å². The van der Waals surface area contributed by atoms with Gasteiger partial charge in [0.2, 0.25) is 0 Å². The van der Waals surface area contributed by atoms with Crippen molar-refractivity contribution in [1.82, 2.24) is 29.5 Å². The maximum atomic E-state index is 12.7. The van der Waals surface area contributed by atoms with Crippen LogP contribution in [0.2, 0.25) is 0 Å². The average molecular weight is 404 g/mol. The molecule has 5 aromatic rings. The highest BCUT2D eigenvalue weighted by molar-refractivity contribution is 6.11. The number of aromatic nitrogens is 6. The summed E-state index contributed by atoms with van der Waals surface area (Å²) in [5.41, 5.74) is 5.33. The lowest BCUT2D eigenvalue weighted by Crippen LogP contribution is -3.00. The standard InChI is InChI=1S/C18H8N6O.BrH/c25-18-16-15(19-5-6-20-16)17-23-13-7-11-12(8-14(13)24(17)18)22-10-4-2-1-3-9(10)21-11;/h1-8H;1H/p-1. The van der Waals surface area contributed by atoms with Crippen LogP contribution in [0, 0.1) is 0 Å². The molecular weight excluding hydrogens is 396 g/mol. The van der Waals surface area contributed by atoms with Gasteiger partial charge in [-0.05, 0) is 24.3 Å². The number of benzene rings is 2. The molecule has 0 saturated carbocycles. The lowest BCUT2D eigenvalue weighted by molar-refractivity contribution is -0.0000133. The maximum Gasteiger partial charge on any atom is 0.285 e. The van der Waals surface area contributed by atoms with Gasteiger partial charge in [-0.3, -0.25) is 9.36 Å². The number of rotatable bonds is 0. The molecule has 0 unspecified atom stereocenters. The van der Waals surface area contributed by atoms with Gasteiger partial charge in [-0.1, -0.05) is 12.1 Å². The quantitative estimate of drug-likeness (QED) is 0.320. The van der Waals surface area contributed by atoms with E-state index in [1.165, 1.54) is 6.20 Å². The molecule has 0 atom stereocenters. The van der Waals surface area contributed by atoms with Gasteiger partial charge in [-0.2, -0.15) is 0 Å². The number of imidazole rings is 1. The first-order valence-corrected chi connectivity index (χ1v) is 7.75. The van der Waals surface area contributed by atoms with Crippen LogP contribution in [0.15, 0.2) is 48.8 Å². The fraction of sp³-hybridized carbons (Fsp3) is 0. The molecule has 3 aromatic heterocycles. The summed E-state index contributed by atoms with van der Waals surface area (Å²) in [7, 11) is 0. The Morgan fingerprint density at radius 2 is 1.38 bits per heavy atom. The van der Waals surface area contributed by atoms with Crippen LogP contribution in [0.1, 0.15) is 10.5 Å². The zero-order chi connectivity index (χ0) is 16.5. The number of carbonyl (C=O) groups is 1. The van der Waals surface area contributed by atoms with Gasteiger partial charge in [0.05, 0.1) is 33.1 Å². The first-order chi connectivity index (χ1) is 12.3. The maximum absolute atomic E-state index is 12.7. The van der Waals surface area contributed by atoms with Gasteiger partial charge in [0.1, 0.15) is 5.69 Å². The van der Waals surface area contributed by atoms with Crippen LogP contribution >= 0.6 is 0 Å². The third-order valence-corrected chi connectivity index (χ3v) is 4.43. The molecule has 0 bridgehead atoms. The summed E-state index contributed by atoms with van der Waals surface area (Å²) in [5.74, 6) is 0.302. The minimum Gasteiger partial charge on any atom is -1.00 e. The van der Waals surface area contributed by atoms with E-state index >= 15 is 0 Å². The molecule has 124 valence electrons. The van der Waals surface area contributed by atoms with Crippen molar-refractivity contribution in [3.8, 4) is 11.5 Å². The van der Waals surface area contributed by atoms with E-state index < -0.39 is 0 Å². The first kappa shape index (κ1) is 15.0. The molecule has 2 aromatic carbocycles. The van der Waals surface area contributed by atoms with E-state index in [2.05, 4.69) is 24.9 Å². The van der Waals surface area contributed by atoms with Crippen molar-refractivity contribution in [3.05, 3.63) is 54.5 Å². The van der Waals surface area contributed by atoms with E-state index in [0.717, 1.165) is 22.1 Å². The molecule has 8 heteroatoms. The highest BCUT2D eigenvalue weighted by Gasteiger charge is 2.32. The normalized spacial score (nSPS) is 12.4. The van der Waals surface area contributed by atoms with Crippen LogP contribution in [0.3, 0.4) is 0 Å². The van der Waals surface area contributed by atoms with Crippen molar-refractivity contribution in [1.29, 1.82) is 0 Å². The monoisotopic (exact) mass is 403 g/mol. The van der Waals surface area contributed by atoms with Gasteiger partial charge < -0.3 is 17.0 Å². The molecule has 0 saturated heterocycles. The molecule has 0 radical (unpaired) electrons. The van der Waals surface area contributed by atoms with Crippen LogP contribution in [0.5, 0.6) is 0 Å². The molecule has 0 amide bonds. The Bertz CT molecular complexity index is 1380. The summed E-state index contributed by atoms with van der Waals surface area (Å²) in [4.78, 5) is 35.0. The number of para-hydroxylation sites is 2. The number of carbonyl (C=O) groups excluding carboxylic acids is 1. The van der Waals surface area contributed by atoms with Gasteiger partial charge in [-0.15, -0.1) is 0 Å². The fourth-order valence-corrected chi connectivity index (χ4v) is 3.32. The smallest absolute Gasteiger partial charge is 0.285 e. The zero-order valence-electron chi connectivity index (χ0n) is 13.1. The van der Waals surface area contributed by atoms with Crippen molar-refractivity contribution >= 4 is 39.0 Å². The predicted octanol–water partition coefficient (Wildman–Crippen LogP) is -0.404. The van der Waals surface area contributed by atoms with E-state index in [4.69, 9.17) is 0 Å². The molecule has 4 heterocycles. The molecule has 1 aliphatic rings. The van der Waals surface area contributed by atoms with Crippen molar-refractivity contribution < 1.29 is 21.8 Å². The number of nitrogens with zero attached hydrogens (tertiary/aromatic N) is 6. The molecule has 0 spiro atoms. The molecule has 0 aliphatic carbocycles. The topological polar surface area (TPSA) is 86.4 Å². The summed E-state index contributed by atoms with van der Waals surface area (Å²) in [5, 5.41) is 0. The highest BCUT2D eigenvalue weighted by atomic mass is 79.9. The summed E-state index contributed by atoms with van der Waals surface area (Å²) < 4.78 is 1.55. The average Bonchev–Trinajstić information content (AvgIpc) is 3.14. The van der Waals surface area contributed by atoms with E-state index in [-0.39, 0.29) is 22.9 Å². The summed E-state index contributed by atoms with van der Waals surface area (Å²) in [6, 6.07) is 11.4. The minimum atomic E-state index is -0.214. The van der Waals surface area contributed by atoms with Gasteiger partial charge in [-0.25, -0.2) is 24.9 Å². The van der Waals surface area contributed by atoms with Crippen LogP contribution in [-0.2, 0) is 0 Å². The van der Waals surface area contributed by atoms with Crippen molar-refractivity contribution in [2.75, 3.05) is 0 Å². The molecule has 7 nitrogen and oxygen atoms in total. The van der Waals surface area contributed by atoms with Crippen molar-refractivity contribution in [2.24, 2.45) is 0 Å². The SMILES string of the molecule is O=C1c2nccnc2-c2nc3cc4nc5ccccc5nc4cc3n21.[Br-]. The largest absolute Gasteiger partial charge is 1.00 e. The zero-order valence-corrected chi connectivity index (χ0v) is 14.7.